The van der Waals surface area contributed by atoms with E-state index < -0.39 is 0 Å². The topological polar surface area (TPSA) is 71.1 Å². The molecule has 1 amide bonds. The molecule has 128 valence electrons. The third-order valence-corrected chi connectivity index (χ3v) is 4.58. The van der Waals surface area contributed by atoms with E-state index in [0.29, 0.717) is 25.4 Å². The average Bonchev–Trinajstić information content (AvgIpc) is 3.25. The molecule has 1 N–H and O–H groups in total. The smallest absolute Gasteiger partial charge is 0.233 e. The first-order valence-electron chi connectivity index (χ1n) is 8.49. The molecular weight excluding hydrogens is 316 g/mol. The van der Waals surface area contributed by atoms with Gasteiger partial charge in [0.15, 0.2) is 0 Å². The maximum Gasteiger partial charge on any atom is 0.233 e. The molecule has 3 heterocycles. The molecule has 6 heteroatoms. The van der Waals surface area contributed by atoms with Crippen LogP contribution in [0.3, 0.4) is 0 Å². The summed E-state index contributed by atoms with van der Waals surface area (Å²) in [6.45, 7) is 3.19. The first kappa shape index (κ1) is 15.6. The minimum absolute atomic E-state index is 0.0241. The van der Waals surface area contributed by atoms with Crippen molar-refractivity contribution in [1.29, 1.82) is 0 Å². The second-order valence-electron chi connectivity index (χ2n) is 6.42. The third kappa shape index (κ3) is 3.33. The number of rotatable bonds is 4. The molecule has 1 aliphatic rings. The van der Waals surface area contributed by atoms with Gasteiger partial charge in [0.2, 0.25) is 11.8 Å². The fraction of sp³-hybridized carbons (Fsp3) is 0.316. The Balaban J connectivity index is 1.38. The molecule has 1 aliphatic heterocycles. The zero-order valence-corrected chi connectivity index (χ0v) is 14.1. The standard InChI is InChI=1S/C19H20N4O2/c1-13-6-7-18(22-21-13)25-15-8-9-23(12-15)19(24)10-14-11-20-17-5-3-2-4-16(14)17/h2-7,11,15,20H,8-10,12H2,1H3. The first-order chi connectivity index (χ1) is 12.2. The summed E-state index contributed by atoms with van der Waals surface area (Å²) in [6, 6.07) is 11.7. The summed E-state index contributed by atoms with van der Waals surface area (Å²) >= 11 is 0. The SMILES string of the molecule is Cc1ccc(OC2CCN(C(=O)Cc3c[nH]c4ccccc34)C2)nn1. The summed E-state index contributed by atoms with van der Waals surface area (Å²) < 4.78 is 5.84. The van der Waals surface area contributed by atoms with Crippen molar-refractivity contribution >= 4 is 16.8 Å². The van der Waals surface area contributed by atoms with Crippen LogP contribution in [0.1, 0.15) is 17.7 Å². The first-order valence-corrected chi connectivity index (χ1v) is 8.49. The fourth-order valence-electron chi connectivity index (χ4n) is 3.22. The number of aryl methyl sites for hydroxylation is 1. The van der Waals surface area contributed by atoms with E-state index in [1.807, 2.05) is 54.4 Å². The zero-order valence-electron chi connectivity index (χ0n) is 14.1. The number of H-pyrrole nitrogens is 1. The number of amides is 1. The molecule has 0 bridgehead atoms. The van der Waals surface area contributed by atoms with Crippen LogP contribution in [0, 0.1) is 6.92 Å². The molecule has 0 radical (unpaired) electrons. The van der Waals surface area contributed by atoms with Crippen molar-refractivity contribution in [2.45, 2.75) is 25.9 Å². The molecule has 0 spiro atoms. The van der Waals surface area contributed by atoms with Crippen LogP contribution in [0.5, 0.6) is 5.88 Å². The number of carbonyl (C=O) groups excluding carboxylic acids is 1. The largest absolute Gasteiger partial charge is 0.471 e. The molecule has 2 aromatic heterocycles. The van der Waals surface area contributed by atoms with Crippen LogP contribution < -0.4 is 4.74 Å². The van der Waals surface area contributed by atoms with Gasteiger partial charge in [0.25, 0.3) is 0 Å². The monoisotopic (exact) mass is 336 g/mol. The van der Waals surface area contributed by atoms with Crippen molar-refractivity contribution in [3.63, 3.8) is 0 Å². The second-order valence-corrected chi connectivity index (χ2v) is 6.42. The van der Waals surface area contributed by atoms with Gasteiger partial charge in [0, 0.05) is 36.1 Å². The number of carbonyl (C=O) groups is 1. The molecule has 0 aliphatic carbocycles. The molecule has 6 nitrogen and oxygen atoms in total. The maximum absolute atomic E-state index is 12.6. The van der Waals surface area contributed by atoms with Gasteiger partial charge in [0.1, 0.15) is 6.10 Å². The fourth-order valence-corrected chi connectivity index (χ4v) is 3.22. The Kier molecular flexibility index (Phi) is 4.09. The molecule has 1 unspecified atom stereocenters. The Morgan fingerprint density at radius 2 is 2.16 bits per heavy atom. The quantitative estimate of drug-likeness (QED) is 0.794. The van der Waals surface area contributed by atoms with Crippen molar-refractivity contribution in [3.05, 3.63) is 53.9 Å². The summed E-state index contributed by atoms with van der Waals surface area (Å²) in [7, 11) is 0. The number of hydrogen-bond donors (Lipinski definition) is 1. The molecule has 1 fully saturated rings. The number of hydrogen-bond acceptors (Lipinski definition) is 4. The van der Waals surface area contributed by atoms with E-state index in [2.05, 4.69) is 15.2 Å². The Morgan fingerprint density at radius 3 is 3.00 bits per heavy atom. The van der Waals surface area contributed by atoms with Crippen LogP contribution in [-0.2, 0) is 11.2 Å². The van der Waals surface area contributed by atoms with Gasteiger partial charge in [-0.25, -0.2) is 0 Å². The van der Waals surface area contributed by atoms with Crippen molar-refractivity contribution in [3.8, 4) is 5.88 Å². The lowest BCUT2D eigenvalue weighted by Crippen LogP contribution is -2.32. The highest BCUT2D eigenvalue weighted by atomic mass is 16.5. The van der Waals surface area contributed by atoms with Gasteiger partial charge in [-0.1, -0.05) is 18.2 Å². The van der Waals surface area contributed by atoms with E-state index in [9.17, 15) is 4.79 Å². The number of aromatic nitrogens is 3. The summed E-state index contributed by atoms with van der Waals surface area (Å²) in [5.74, 6) is 0.646. The van der Waals surface area contributed by atoms with E-state index in [4.69, 9.17) is 4.74 Å². The molecule has 4 rings (SSSR count). The van der Waals surface area contributed by atoms with Crippen molar-refractivity contribution in [1.82, 2.24) is 20.1 Å². The molecule has 25 heavy (non-hydrogen) atoms. The van der Waals surface area contributed by atoms with Crippen LogP contribution in [0.15, 0.2) is 42.6 Å². The zero-order chi connectivity index (χ0) is 17.2. The van der Waals surface area contributed by atoms with Crippen LogP contribution in [0.4, 0.5) is 0 Å². The molecule has 1 atom stereocenters. The van der Waals surface area contributed by atoms with Crippen LogP contribution >= 0.6 is 0 Å². The number of aromatic amines is 1. The minimum Gasteiger partial charge on any atom is -0.471 e. The van der Waals surface area contributed by atoms with E-state index in [0.717, 1.165) is 28.6 Å². The lowest BCUT2D eigenvalue weighted by atomic mass is 10.1. The Bertz CT molecular complexity index is 888. The third-order valence-electron chi connectivity index (χ3n) is 4.58. The van der Waals surface area contributed by atoms with Crippen LogP contribution in [0.25, 0.3) is 10.9 Å². The van der Waals surface area contributed by atoms with Gasteiger partial charge in [-0.05, 0) is 24.6 Å². The Labute approximate surface area is 145 Å². The number of likely N-dealkylation sites (tertiary alicyclic amines) is 1. The number of fused-ring (bicyclic) bond motifs is 1. The van der Waals surface area contributed by atoms with Crippen molar-refractivity contribution in [2.24, 2.45) is 0 Å². The van der Waals surface area contributed by atoms with E-state index >= 15 is 0 Å². The highest BCUT2D eigenvalue weighted by Gasteiger charge is 2.28. The highest BCUT2D eigenvalue weighted by molar-refractivity contribution is 5.89. The summed E-state index contributed by atoms with van der Waals surface area (Å²) in [4.78, 5) is 17.7. The van der Waals surface area contributed by atoms with Crippen LogP contribution in [0.2, 0.25) is 0 Å². The van der Waals surface area contributed by atoms with Gasteiger partial charge >= 0.3 is 0 Å². The number of benzene rings is 1. The molecule has 1 saturated heterocycles. The van der Waals surface area contributed by atoms with E-state index in [1.165, 1.54) is 0 Å². The lowest BCUT2D eigenvalue weighted by Gasteiger charge is -2.16. The predicted octanol–water partition coefficient (Wildman–Crippen LogP) is 2.49. The second kappa shape index (κ2) is 6.55. The molecule has 1 aromatic carbocycles. The predicted molar refractivity (Wildman–Crippen MR) is 94.4 cm³/mol. The van der Waals surface area contributed by atoms with Gasteiger partial charge in [-0.15, -0.1) is 5.10 Å². The summed E-state index contributed by atoms with van der Waals surface area (Å²) in [6.07, 6.45) is 3.12. The van der Waals surface area contributed by atoms with Crippen LogP contribution in [-0.4, -0.2) is 45.2 Å². The maximum atomic E-state index is 12.6. The summed E-state index contributed by atoms with van der Waals surface area (Å²) in [5.41, 5.74) is 2.95. The molecule has 3 aromatic rings. The normalized spacial score (nSPS) is 17.2. The minimum atomic E-state index is -0.0241. The average molecular weight is 336 g/mol. The Morgan fingerprint density at radius 1 is 1.28 bits per heavy atom. The van der Waals surface area contributed by atoms with E-state index in [-0.39, 0.29) is 12.0 Å². The van der Waals surface area contributed by atoms with Gasteiger partial charge in [0.05, 0.1) is 18.7 Å². The number of para-hydroxylation sites is 1. The van der Waals surface area contributed by atoms with Gasteiger partial charge in [-0.3, -0.25) is 4.79 Å². The number of nitrogens with one attached hydrogen (secondary N) is 1. The lowest BCUT2D eigenvalue weighted by molar-refractivity contribution is -0.129. The number of ether oxygens (including phenoxy) is 1. The van der Waals surface area contributed by atoms with Crippen molar-refractivity contribution < 1.29 is 9.53 Å². The van der Waals surface area contributed by atoms with Gasteiger partial charge < -0.3 is 14.6 Å². The summed E-state index contributed by atoms with van der Waals surface area (Å²) in [5, 5.41) is 9.13. The molecule has 0 saturated carbocycles. The van der Waals surface area contributed by atoms with E-state index in [1.54, 1.807) is 0 Å². The number of nitrogens with zero attached hydrogens (tertiary/aromatic N) is 3. The highest BCUT2D eigenvalue weighted by Crippen LogP contribution is 2.21. The molecular formula is C19H20N4O2. The van der Waals surface area contributed by atoms with Gasteiger partial charge in [-0.2, -0.15) is 5.10 Å². The van der Waals surface area contributed by atoms with Crippen molar-refractivity contribution in [2.75, 3.05) is 13.1 Å². The Hall–Kier alpha value is -2.89.